The minimum absolute atomic E-state index is 0.177. The summed E-state index contributed by atoms with van der Waals surface area (Å²) < 4.78 is 0. The van der Waals surface area contributed by atoms with Gasteiger partial charge in [0.2, 0.25) is 0 Å². The van der Waals surface area contributed by atoms with Crippen molar-refractivity contribution in [3.05, 3.63) is 0 Å². The molecular formula is C15H16O8. The van der Waals surface area contributed by atoms with Gasteiger partial charge in [-0.2, -0.15) is 0 Å². The van der Waals surface area contributed by atoms with Crippen LogP contribution in [0.5, 0.6) is 0 Å². The van der Waals surface area contributed by atoms with Crippen LogP contribution in [-0.2, 0) is 19.2 Å². The molecule has 0 saturated heterocycles. The molecule has 2 bridgehead atoms. The minimum atomic E-state index is -1.15. The molecule has 8 atom stereocenters. The van der Waals surface area contributed by atoms with Crippen LogP contribution in [0.1, 0.15) is 6.42 Å². The Morgan fingerprint density at radius 3 is 0.913 bits per heavy atom. The second-order valence-electron chi connectivity index (χ2n) is 7.33. The molecular weight excluding hydrogens is 308 g/mol. The fraction of sp³-hybridized carbons (Fsp3) is 0.733. The third kappa shape index (κ3) is 1.46. The zero-order chi connectivity index (χ0) is 16.8. The number of fused-ring (bicyclic) bond motifs is 8. The van der Waals surface area contributed by atoms with Crippen LogP contribution in [-0.4, -0.2) is 44.3 Å². The van der Waals surface area contributed by atoms with Crippen molar-refractivity contribution in [1.29, 1.82) is 0 Å². The monoisotopic (exact) mass is 324 g/mol. The lowest BCUT2D eigenvalue weighted by Crippen LogP contribution is -2.66. The fourth-order valence-corrected chi connectivity index (χ4v) is 6.56. The van der Waals surface area contributed by atoms with E-state index in [-0.39, 0.29) is 35.5 Å². The van der Waals surface area contributed by atoms with Gasteiger partial charge in [0.15, 0.2) is 0 Å². The normalized spacial score (nSPS) is 51.8. The summed E-state index contributed by atoms with van der Waals surface area (Å²) in [5, 5.41) is 37.4. The summed E-state index contributed by atoms with van der Waals surface area (Å²) in [6.45, 7) is 0. The molecule has 0 aromatic carbocycles. The van der Waals surface area contributed by atoms with E-state index in [1.165, 1.54) is 0 Å². The lowest BCUT2D eigenvalue weighted by atomic mass is 9.40. The zero-order valence-electron chi connectivity index (χ0n) is 11.9. The van der Waals surface area contributed by atoms with Crippen LogP contribution >= 0.6 is 0 Å². The molecule has 0 radical (unpaired) electrons. The van der Waals surface area contributed by atoms with Crippen molar-refractivity contribution in [2.45, 2.75) is 6.42 Å². The first-order valence-electron chi connectivity index (χ1n) is 7.68. The number of carboxylic acid groups (broad SMARTS) is 4. The number of aliphatic carboxylic acids is 4. The lowest BCUT2D eigenvalue weighted by Gasteiger charge is -2.61. The molecule has 0 aromatic rings. The van der Waals surface area contributed by atoms with Crippen LogP contribution in [0.2, 0.25) is 0 Å². The molecule has 4 aliphatic carbocycles. The summed E-state index contributed by atoms with van der Waals surface area (Å²) in [5.74, 6) is -10.2. The van der Waals surface area contributed by atoms with Gasteiger partial charge in [0.25, 0.3) is 0 Å². The number of carboxylic acids is 4. The maximum absolute atomic E-state index is 11.4. The van der Waals surface area contributed by atoms with Crippen LogP contribution in [0.25, 0.3) is 0 Å². The average Bonchev–Trinajstić information content (AvgIpc) is 2.73. The average molecular weight is 324 g/mol. The number of hydrogen-bond donors (Lipinski definition) is 4. The van der Waals surface area contributed by atoms with Crippen molar-refractivity contribution in [2.75, 3.05) is 0 Å². The number of carbonyl (C=O) groups is 4. The van der Waals surface area contributed by atoms with Crippen LogP contribution < -0.4 is 0 Å². The minimum Gasteiger partial charge on any atom is -0.481 e. The van der Waals surface area contributed by atoms with Crippen molar-refractivity contribution in [2.24, 2.45) is 59.2 Å². The van der Waals surface area contributed by atoms with Gasteiger partial charge in [0.05, 0.1) is 23.7 Å². The van der Waals surface area contributed by atoms with Crippen LogP contribution in [0.15, 0.2) is 0 Å². The van der Waals surface area contributed by atoms with E-state index in [0.29, 0.717) is 6.42 Å². The van der Waals surface area contributed by atoms with E-state index in [1.807, 2.05) is 0 Å². The van der Waals surface area contributed by atoms with Gasteiger partial charge >= 0.3 is 23.9 Å². The molecule has 8 unspecified atom stereocenters. The standard InChI is InChI=1S/C15H16O8/c16-12(17)8-4-2-1-3(6(4)10(8)14(20)21)7-5(2)9(13(18)19)11(7)15(22)23/h2-11H,1H2,(H,16,17)(H,18,19)(H,20,21)(H,22,23). The molecule has 4 fully saturated rings. The fourth-order valence-electron chi connectivity index (χ4n) is 6.56. The first kappa shape index (κ1) is 14.5. The summed E-state index contributed by atoms with van der Waals surface area (Å²) in [6.07, 6.45) is 0.561. The maximum atomic E-state index is 11.4. The van der Waals surface area contributed by atoms with Crippen molar-refractivity contribution in [1.82, 2.24) is 0 Å². The highest BCUT2D eigenvalue weighted by Gasteiger charge is 2.78. The van der Waals surface area contributed by atoms with E-state index in [1.54, 1.807) is 0 Å². The van der Waals surface area contributed by atoms with Crippen LogP contribution in [0.4, 0.5) is 0 Å². The predicted octanol–water partition coefficient (Wildman–Crippen LogP) is -0.0687. The van der Waals surface area contributed by atoms with E-state index in [0.717, 1.165) is 0 Å². The Morgan fingerprint density at radius 1 is 0.522 bits per heavy atom. The second-order valence-corrected chi connectivity index (χ2v) is 7.33. The lowest BCUT2D eigenvalue weighted by molar-refractivity contribution is -0.213. The number of rotatable bonds is 4. The van der Waals surface area contributed by atoms with Gasteiger partial charge in [-0.05, 0) is 41.9 Å². The molecule has 0 heterocycles. The van der Waals surface area contributed by atoms with Crippen LogP contribution in [0, 0.1) is 59.2 Å². The Bertz CT molecular complexity index is 535. The SMILES string of the molecule is O=C(O)C1C(C(=O)O)C2C3CC(C12)C1C(C(=O)O)C(C(=O)O)C31. The largest absolute Gasteiger partial charge is 0.481 e. The summed E-state index contributed by atoms with van der Waals surface area (Å²) in [7, 11) is 0. The van der Waals surface area contributed by atoms with Crippen LogP contribution in [0.3, 0.4) is 0 Å². The summed E-state index contributed by atoms with van der Waals surface area (Å²) in [5.41, 5.74) is 0. The van der Waals surface area contributed by atoms with E-state index in [2.05, 4.69) is 0 Å². The molecule has 8 nitrogen and oxygen atoms in total. The van der Waals surface area contributed by atoms with Gasteiger partial charge in [-0.1, -0.05) is 0 Å². The third-order valence-corrected chi connectivity index (χ3v) is 6.98. The Morgan fingerprint density at radius 2 is 0.739 bits per heavy atom. The molecule has 4 saturated carbocycles. The maximum Gasteiger partial charge on any atom is 0.307 e. The predicted molar refractivity (Wildman–Crippen MR) is 70.1 cm³/mol. The Labute approximate surface area is 130 Å². The molecule has 0 spiro atoms. The van der Waals surface area contributed by atoms with Crippen molar-refractivity contribution >= 4 is 23.9 Å². The Balaban J connectivity index is 1.69. The molecule has 0 aromatic heterocycles. The zero-order valence-corrected chi connectivity index (χ0v) is 11.9. The molecule has 0 aliphatic heterocycles. The third-order valence-electron chi connectivity index (χ3n) is 6.98. The molecule has 0 amide bonds. The van der Waals surface area contributed by atoms with Gasteiger partial charge in [-0.3, -0.25) is 19.2 Å². The summed E-state index contributed by atoms with van der Waals surface area (Å²) in [6, 6.07) is 0. The Hall–Kier alpha value is -2.12. The van der Waals surface area contributed by atoms with Gasteiger partial charge in [0.1, 0.15) is 0 Å². The van der Waals surface area contributed by atoms with Crippen molar-refractivity contribution in [3.63, 3.8) is 0 Å². The molecule has 23 heavy (non-hydrogen) atoms. The first-order chi connectivity index (χ1) is 10.8. The first-order valence-corrected chi connectivity index (χ1v) is 7.68. The molecule has 124 valence electrons. The van der Waals surface area contributed by atoms with E-state index in [4.69, 9.17) is 0 Å². The second kappa shape index (κ2) is 4.24. The topological polar surface area (TPSA) is 149 Å². The summed E-state index contributed by atoms with van der Waals surface area (Å²) in [4.78, 5) is 45.7. The highest BCUT2D eigenvalue weighted by Crippen LogP contribution is 2.76. The smallest absolute Gasteiger partial charge is 0.307 e. The number of hydrogen-bond acceptors (Lipinski definition) is 4. The van der Waals surface area contributed by atoms with Gasteiger partial charge in [-0.15, -0.1) is 0 Å². The quantitative estimate of drug-likeness (QED) is 0.561. The van der Waals surface area contributed by atoms with E-state index >= 15 is 0 Å². The summed E-state index contributed by atoms with van der Waals surface area (Å²) >= 11 is 0. The van der Waals surface area contributed by atoms with Crippen molar-refractivity contribution < 1.29 is 39.6 Å². The van der Waals surface area contributed by atoms with Gasteiger partial charge in [0, 0.05) is 0 Å². The molecule has 4 N–H and O–H groups in total. The van der Waals surface area contributed by atoms with Crippen molar-refractivity contribution in [3.8, 4) is 0 Å². The van der Waals surface area contributed by atoms with Gasteiger partial charge in [-0.25, -0.2) is 0 Å². The van der Waals surface area contributed by atoms with E-state index < -0.39 is 47.5 Å². The van der Waals surface area contributed by atoms with Gasteiger partial charge < -0.3 is 20.4 Å². The molecule has 4 aliphatic rings. The molecule has 4 rings (SSSR count). The highest BCUT2D eigenvalue weighted by atomic mass is 16.4. The van der Waals surface area contributed by atoms with E-state index in [9.17, 15) is 39.6 Å². The Kier molecular flexibility index (Phi) is 2.67. The molecule has 8 heteroatoms. The highest BCUT2D eigenvalue weighted by molar-refractivity contribution is 5.85.